The maximum Gasteiger partial charge on any atom is 0.113 e. The Morgan fingerprint density at radius 2 is 1.95 bits per heavy atom. The van der Waals surface area contributed by atoms with Crippen molar-refractivity contribution in [1.82, 2.24) is 15.0 Å². The fourth-order valence-electron chi connectivity index (χ4n) is 2.83. The van der Waals surface area contributed by atoms with Crippen LogP contribution in [-0.2, 0) is 0 Å². The number of hydrogen-bond acceptors (Lipinski definition) is 3. The molecule has 1 aromatic heterocycles. The summed E-state index contributed by atoms with van der Waals surface area (Å²) in [5.74, 6) is 0. The summed E-state index contributed by atoms with van der Waals surface area (Å²) in [6.07, 6.45) is 9.49. The Labute approximate surface area is 118 Å². The Morgan fingerprint density at radius 3 is 2.74 bits per heavy atom. The van der Waals surface area contributed by atoms with E-state index in [1.807, 2.05) is 30.0 Å². The summed E-state index contributed by atoms with van der Waals surface area (Å²) in [7, 11) is 0. The summed E-state index contributed by atoms with van der Waals surface area (Å²) in [5, 5.41) is 9.38. The van der Waals surface area contributed by atoms with E-state index in [1.54, 1.807) is 0 Å². The summed E-state index contributed by atoms with van der Waals surface area (Å²) in [6, 6.07) is 10.8. The average molecular weight is 273 g/mol. The topological polar surface area (TPSA) is 30.7 Å². The zero-order chi connectivity index (χ0) is 13.1. The lowest BCUT2D eigenvalue weighted by Gasteiger charge is -2.29. The van der Waals surface area contributed by atoms with Gasteiger partial charge in [0.05, 0.1) is 12.2 Å². The molecule has 0 bridgehead atoms. The van der Waals surface area contributed by atoms with Crippen molar-refractivity contribution in [2.75, 3.05) is 6.26 Å². The van der Waals surface area contributed by atoms with Crippen molar-refractivity contribution in [3.63, 3.8) is 0 Å². The summed E-state index contributed by atoms with van der Waals surface area (Å²) in [5.41, 5.74) is 2.12. The molecule has 1 aliphatic carbocycles. The Balaban J connectivity index is 1.84. The van der Waals surface area contributed by atoms with E-state index in [4.69, 9.17) is 0 Å². The highest BCUT2D eigenvalue weighted by molar-refractivity contribution is 7.99. The minimum absolute atomic E-state index is 0.508. The van der Waals surface area contributed by atoms with Crippen LogP contribution in [0.25, 0.3) is 11.3 Å². The number of aromatic nitrogens is 3. The third-order valence-electron chi connectivity index (χ3n) is 3.89. The Hall–Kier alpha value is -1.29. The number of benzene rings is 1. The van der Waals surface area contributed by atoms with Gasteiger partial charge in [-0.3, -0.25) is 0 Å². The molecule has 3 nitrogen and oxygen atoms in total. The van der Waals surface area contributed by atoms with E-state index < -0.39 is 0 Å². The fraction of sp³-hybridized carbons (Fsp3) is 0.467. The lowest BCUT2D eigenvalue weighted by molar-refractivity contribution is 0.334. The third-order valence-corrected chi connectivity index (χ3v) is 5.05. The summed E-state index contributed by atoms with van der Waals surface area (Å²) in [4.78, 5) is 0. The molecule has 1 fully saturated rings. The first-order valence-electron chi connectivity index (χ1n) is 6.88. The lowest BCUT2D eigenvalue weighted by atomic mass is 9.95. The van der Waals surface area contributed by atoms with E-state index in [0.717, 1.165) is 11.3 Å². The van der Waals surface area contributed by atoms with Crippen LogP contribution in [0.5, 0.6) is 0 Å². The molecule has 0 spiro atoms. The highest BCUT2D eigenvalue weighted by Gasteiger charge is 2.26. The van der Waals surface area contributed by atoms with Gasteiger partial charge >= 0.3 is 0 Å². The van der Waals surface area contributed by atoms with Crippen molar-refractivity contribution in [1.29, 1.82) is 0 Å². The molecule has 3 rings (SSSR count). The summed E-state index contributed by atoms with van der Waals surface area (Å²) in [6.45, 7) is 0. The van der Waals surface area contributed by atoms with Crippen LogP contribution in [0.2, 0.25) is 0 Å². The molecule has 0 N–H and O–H groups in total. The van der Waals surface area contributed by atoms with Gasteiger partial charge in [0.2, 0.25) is 0 Å². The van der Waals surface area contributed by atoms with Gasteiger partial charge in [-0.2, -0.15) is 11.8 Å². The van der Waals surface area contributed by atoms with E-state index in [1.165, 1.54) is 25.7 Å². The van der Waals surface area contributed by atoms with Gasteiger partial charge in [0, 0.05) is 10.8 Å². The maximum atomic E-state index is 4.37. The standard InChI is InChI=1S/C15H19N3S/c1-19-15-10-6-5-9-14(15)18-11-13(16-17-18)12-7-3-2-4-8-12/h2-4,7-8,11,14-15H,5-6,9-10H2,1H3/t14?,15-/m1/s1. The van der Waals surface area contributed by atoms with Crippen molar-refractivity contribution in [3.8, 4) is 11.3 Å². The maximum absolute atomic E-state index is 4.37. The van der Waals surface area contributed by atoms with Gasteiger partial charge in [0.1, 0.15) is 5.69 Å². The quantitative estimate of drug-likeness (QED) is 0.852. The zero-order valence-electron chi connectivity index (χ0n) is 11.2. The minimum Gasteiger partial charge on any atom is -0.248 e. The molecule has 2 aromatic rings. The van der Waals surface area contributed by atoms with Crippen molar-refractivity contribution in [3.05, 3.63) is 36.5 Å². The lowest BCUT2D eigenvalue weighted by Crippen LogP contribution is -2.25. The number of thioether (sulfide) groups is 1. The predicted octanol–water partition coefficient (Wildman–Crippen LogP) is 3.79. The molecule has 2 atom stereocenters. The second kappa shape index (κ2) is 5.78. The fourth-order valence-corrected chi connectivity index (χ4v) is 3.81. The number of nitrogens with zero attached hydrogens (tertiary/aromatic N) is 3. The highest BCUT2D eigenvalue weighted by Crippen LogP contribution is 2.35. The van der Waals surface area contributed by atoms with Gasteiger partial charge in [-0.1, -0.05) is 48.4 Å². The summed E-state index contributed by atoms with van der Waals surface area (Å²) < 4.78 is 2.09. The molecule has 1 aromatic carbocycles. The monoisotopic (exact) mass is 273 g/mol. The van der Waals surface area contributed by atoms with Gasteiger partial charge in [0.15, 0.2) is 0 Å². The van der Waals surface area contributed by atoms with Gasteiger partial charge in [0.25, 0.3) is 0 Å². The molecule has 1 saturated carbocycles. The van der Waals surface area contributed by atoms with Crippen LogP contribution in [0.3, 0.4) is 0 Å². The van der Waals surface area contributed by atoms with Gasteiger partial charge in [-0.05, 0) is 19.1 Å². The van der Waals surface area contributed by atoms with E-state index in [0.29, 0.717) is 11.3 Å². The molecular formula is C15H19N3S. The molecule has 4 heteroatoms. The largest absolute Gasteiger partial charge is 0.248 e. The Bertz CT molecular complexity index is 523. The normalized spacial score (nSPS) is 23.4. The third kappa shape index (κ3) is 2.68. The molecule has 0 amide bonds. The second-order valence-corrected chi connectivity index (χ2v) is 6.15. The zero-order valence-corrected chi connectivity index (χ0v) is 12.0. The van der Waals surface area contributed by atoms with Crippen LogP contribution in [0, 0.1) is 0 Å². The van der Waals surface area contributed by atoms with Gasteiger partial charge in [-0.25, -0.2) is 4.68 Å². The Kier molecular flexibility index (Phi) is 3.87. The second-order valence-electron chi connectivity index (χ2n) is 5.08. The molecule has 0 saturated heterocycles. The van der Waals surface area contributed by atoms with Gasteiger partial charge in [-0.15, -0.1) is 5.10 Å². The SMILES string of the molecule is CS[C@@H]1CCCCC1n1cc(-c2ccccc2)nn1. The minimum atomic E-state index is 0.508. The molecule has 100 valence electrons. The van der Waals surface area contributed by atoms with E-state index in [9.17, 15) is 0 Å². The molecule has 1 aliphatic rings. The van der Waals surface area contributed by atoms with Crippen LogP contribution in [-0.4, -0.2) is 26.5 Å². The number of hydrogen-bond donors (Lipinski definition) is 0. The number of rotatable bonds is 3. The molecule has 19 heavy (non-hydrogen) atoms. The van der Waals surface area contributed by atoms with Crippen molar-refractivity contribution >= 4 is 11.8 Å². The first-order chi connectivity index (χ1) is 9.38. The highest BCUT2D eigenvalue weighted by atomic mass is 32.2. The smallest absolute Gasteiger partial charge is 0.113 e. The van der Waals surface area contributed by atoms with Crippen molar-refractivity contribution in [2.45, 2.75) is 37.0 Å². The predicted molar refractivity (Wildman–Crippen MR) is 80.3 cm³/mol. The molecule has 1 heterocycles. The Morgan fingerprint density at radius 1 is 1.16 bits per heavy atom. The van der Waals surface area contributed by atoms with Crippen LogP contribution in [0.1, 0.15) is 31.7 Å². The van der Waals surface area contributed by atoms with E-state index in [2.05, 4.69) is 39.6 Å². The molecule has 1 unspecified atom stereocenters. The van der Waals surface area contributed by atoms with Crippen molar-refractivity contribution < 1.29 is 0 Å². The summed E-state index contributed by atoms with van der Waals surface area (Å²) >= 11 is 1.97. The van der Waals surface area contributed by atoms with Crippen LogP contribution in [0.15, 0.2) is 36.5 Å². The van der Waals surface area contributed by atoms with Crippen LogP contribution in [0.4, 0.5) is 0 Å². The van der Waals surface area contributed by atoms with Crippen LogP contribution < -0.4 is 0 Å². The van der Waals surface area contributed by atoms with Crippen molar-refractivity contribution in [2.24, 2.45) is 0 Å². The molecule has 0 aliphatic heterocycles. The van der Waals surface area contributed by atoms with Crippen LogP contribution >= 0.6 is 11.8 Å². The molecular weight excluding hydrogens is 254 g/mol. The molecule has 0 radical (unpaired) electrons. The van der Waals surface area contributed by atoms with E-state index >= 15 is 0 Å². The first-order valence-corrected chi connectivity index (χ1v) is 8.17. The van der Waals surface area contributed by atoms with Gasteiger partial charge < -0.3 is 0 Å². The average Bonchev–Trinajstić information content (AvgIpc) is 2.98. The van der Waals surface area contributed by atoms with E-state index in [-0.39, 0.29) is 0 Å². The first kappa shape index (κ1) is 12.7.